The van der Waals surface area contributed by atoms with Gasteiger partial charge in [0.2, 0.25) is 0 Å². The van der Waals surface area contributed by atoms with E-state index in [-0.39, 0.29) is 37.5 Å². The summed E-state index contributed by atoms with van der Waals surface area (Å²) in [5.74, 6) is -1.01. The van der Waals surface area contributed by atoms with Gasteiger partial charge < -0.3 is 14.2 Å². The zero-order valence-electron chi connectivity index (χ0n) is 54.2. The number of ether oxygens (including phenoxy) is 3. The monoisotopic (exact) mass is 1150 g/mol. The fraction of sp³-hybridized carbons (Fsp3) is 0.675. The first-order chi connectivity index (χ1) is 41.0. The summed E-state index contributed by atoms with van der Waals surface area (Å²) in [6.45, 7) is 6.36. The maximum atomic E-state index is 12.9. The summed E-state index contributed by atoms with van der Waals surface area (Å²) >= 11 is 0. The number of hydrogen-bond donors (Lipinski definition) is 0. The van der Waals surface area contributed by atoms with Crippen LogP contribution in [-0.4, -0.2) is 37.2 Å². The standard InChI is InChI=1S/C77H128O6/c1-4-7-10-13-16-19-22-25-27-29-31-33-35-37-38-40-41-43-45-47-49-52-55-58-61-64-67-70-76(79)82-73-74(72-81-75(78)69-66-63-60-57-54-51-24-21-18-15-12-9-6-3)83-77(80)71-68-65-62-59-56-53-50-48-46-44-42-39-36-34-32-30-28-26-23-20-17-14-11-8-5-2/h7,9-10,12,16,18-19,21,25,27,31,33,37-38,41,43,47,49,51,54,60,63,74H,4-6,8,11,13-15,17,20,22-24,26,28-30,32,34-36,39-40,42,44-46,48,50,52-53,55-59,61-62,64-73H2,1-3H3/b10-7-,12-9-,19-16-,21-18-,27-25-,33-31-,38-37-,43-41-,49-47-,54-51-,63-60-. The normalized spacial score (nSPS) is 13.0. The van der Waals surface area contributed by atoms with Crippen molar-refractivity contribution in [1.29, 1.82) is 0 Å². The molecule has 6 nitrogen and oxygen atoms in total. The Morgan fingerprint density at radius 1 is 0.253 bits per heavy atom. The van der Waals surface area contributed by atoms with E-state index >= 15 is 0 Å². The Kier molecular flexibility index (Phi) is 66.3. The molecule has 0 aliphatic heterocycles. The summed E-state index contributed by atoms with van der Waals surface area (Å²) in [6.07, 6.45) is 99.3. The second-order valence-corrected chi connectivity index (χ2v) is 22.7. The molecule has 0 radical (unpaired) electrons. The maximum absolute atomic E-state index is 12.9. The molecule has 6 heteroatoms. The average molecular weight is 1150 g/mol. The van der Waals surface area contributed by atoms with E-state index in [0.717, 1.165) is 128 Å². The van der Waals surface area contributed by atoms with E-state index in [1.54, 1.807) is 0 Å². The third kappa shape index (κ3) is 68.2. The summed E-state index contributed by atoms with van der Waals surface area (Å²) < 4.78 is 16.9. The van der Waals surface area contributed by atoms with Gasteiger partial charge in [0, 0.05) is 19.3 Å². The molecule has 472 valence electrons. The van der Waals surface area contributed by atoms with E-state index < -0.39 is 6.10 Å². The zero-order valence-corrected chi connectivity index (χ0v) is 54.2. The van der Waals surface area contributed by atoms with Crippen LogP contribution in [0.15, 0.2) is 134 Å². The molecule has 0 aliphatic carbocycles. The molecule has 1 atom stereocenters. The van der Waals surface area contributed by atoms with Gasteiger partial charge in [0.15, 0.2) is 6.10 Å². The molecule has 0 heterocycles. The van der Waals surface area contributed by atoms with Crippen molar-refractivity contribution in [3.8, 4) is 0 Å². The fourth-order valence-corrected chi connectivity index (χ4v) is 9.56. The molecule has 0 N–H and O–H groups in total. The lowest BCUT2D eigenvalue weighted by atomic mass is 10.0. The van der Waals surface area contributed by atoms with Gasteiger partial charge in [0.25, 0.3) is 0 Å². The Morgan fingerprint density at radius 3 is 0.807 bits per heavy atom. The molecule has 83 heavy (non-hydrogen) atoms. The first-order valence-corrected chi connectivity index (χ1v) is 34.7. The average Bonchev–Trinajstić information content (AvgIpc) is 3.49. The van der Waals surface area contributed by atoms with Crippen LogP contribution >= 0.6 is 0 Å². The van der Waals surface area contributed by atoms with E-state index in [1.165, 1.54) is 141 Å². The number of carbonyl (C=O) groups is 3. The predicted molar refractivity (Wildman–Crippen MR) is 362 cm³/mol. The van der Waals surface area contributed by atoms with Crippen molar-refractivity contribution >= 4 is 17.9 Å². The van der Waals surface area contributed by atoms with Crippen LogP contribution in [0.25, 0.3) is 0 Å². The van der Waals surface area contributed by atoms with Crippen molar-refractivity contribution in [1.82, 2.24) is 0 Å². The lowest BCUT2D eigenvalue weighted by Crippen LogP contribution is -2.30. The van der Waals surface area contributed by atoms with Crippen molar-refractivity contribution in [3.05, 3.63) is 134 Å². The Bertz CT molecular complexity index is 1750. The van der Waals surface area contributed by atoms with E-state index in [4.69, 9.17) is 14.2 Å². The Hall–Kier alpha value is -4.45. The largest absolute Gasteiger partial charge is 0.462 e. The van der Waals surface area contributed by atoms with Crippen LogP contribution in [0.2, 0.25) is 0 Å². The molecule has 0 saturated heterocycles. The molecule has 0 rings (SSSR count). The van der Waals surface area contributed by atoms with Crippen molar-refractivity contribution in [2.75, 3.05) is 13.2 Å². The van der Waals surface area contributed by atoms with Crippen molar-refractivity contribution in [2.45, 2.75) is 322 Å². The number of unbranched alkanes of at least 4 members (excludes halogenated alkanes) is 29. The third-order valence-electron chi connectivity index (χ3n) is 14.7. The second-order valence-electron chi connectivity index (χ2n) is 22.7. The molecule has 0 bridgehead atoms. The first kappa shape index (κ1) is 78.5. The zero-order chi connectivity index (χ0) is 59.9. The van der Waals surface area contributed by atoms with E-state index in [1.807, 2.05) is 6.08 Å². The summed E-state index contributed by atoms with van der Waals surface area (Å²) in [4.78, 5) is 38.4. The number of esters is 3. The van der Waals surface area contributed by atoms with Gasteiger partial charge in [-0.2, -0.15) is 0 Å². The Labute approximate surface area is 513 Å². The molecular weight excluding hydrogens is 1020 g/mol. The Morgan fingerprint density at radius 2 is 0.494 bits per heavy atom. The Balaban J connectivity index is 4.37. The molecular formula is C77H128O6. The molecule has 0 saturated carbocycles. The number of rotatable bonds is 62. The van der Waals surface area contributed by atoms with Crippen LogP contribution in [0.5, 0.6) is 0 Å². The van der Waals surface area contributed by atoms with Crippen molar-refractivity contribution < 1.29 is 28.6 Å². The molecule has 0 aromatic carbocycles. The highest BCUT2D eigenvalue weighted by Gasteiger charge is 2.19. The van der Waals surface area contributed by atoms with Gasteiger partial charge in [-0.1, -0.05) is 328 Å². The van der Waals surface area contributed by atoms with Gasteiger partial charge >= 0.3 is 17.9 Å². The predicted octanol–water partition coefficient (Wildman–Crippen LogP) is 24.1. The van der Waals surface area contributed by atoms with Crippen LogP contribution in [0.3, 0.4) is 0 Å². The van der Waals surface area contributed by atoms with Crippen LogP contribution < -0.4 is 0 Å². The van der Waals surface area contributed by atoms with E-state index in [2.05, 4.69) is 148 Å². The van der Waals surface area contributed by atoms with Crippen LogP contribution in [-0.2, 0) is 28.6 Å². The van der Waals surface area contributed by atoms with Gasteiger partial charge in [0.1, 0.15) is 13.2 Å². The minimum Gasteiger partial charge on any atom is -0.462 e. The van der Waals surface area contributed by atoms with E-state index in [9.17, 15) is 14.4 Å². The highest BCUT2D eigenvalue weighted by Crippen LogP contribution is 2.17. The maximum Gasteiger partial charge on any atom is 0.306 e. The summed E-state index contributed by atoms with van der Waals surface area (Å²) in [5.41, 5.74) is 0. The second kappa shape index (κ2) is 70.0. The molecule has 0 aromatic heterocycles. The molecule has 1 unspecified atom stereocenters. The SMILES string of the molecule is CC/C=C\C/C=C\C/C=C\C/C=C\C/C=C\C/C=C\C/C=C\CCCCCCCC(=O)OCC(COC(=O)CC/C=C\C/C=C\C/C=C\C/C=C\CC)OC(=O)CCCCCCCCCCCCCCCCCCCCCCCCCCC. The van der Waals surface area contributed by atoms with Crippen LogP contribution in [0.1, 0.15) is 316 Å². The lowest BCUT2D eigenvalue weighted by Gasteiger charge is -2.18. The van der Waals surface area contributed by atoms with Crippen LogP contribution in [0.4, 0.5) is 0 Å². The number of carbonyl (C=O) groups excluding carboxylic acids is 3. The number of hydrogen-bond acceptors (Lipinski definition) is 6. The molecule has 0 aliphatic rings. The molecule has 0 fully saturated rings. The smallest absolute Gasteiger partial charge is 0.306 e. The summed E-state index contributed by atoms with van der Waals surface area (Å²) in [7, 11) is 0. The first-order valence-electron chi connectivity index (χ1n) is 34.7. The van der Waals surface area contributed by atoms with Gasteiger partial charge in [0.05, 0.1) is 0 Å². The molecule has 0 spiro atoms. The minimum atomic E-state index is -0.820. The van der Waals surface area contributed by atoms with Gasteiger partial charge in [-0.25, -0.2) is 0 Å². The highest BCUT2D eigenvalue weighted by molar-refractivity contribution is 5.71. The fourth-order valence-electron chi connectivity index (χ4n) is 9.56. The topological polar surface area (TPSA) is 78.9 Å². The van der Waals surface area contributed by atoms with Crippen molar-refractivity contribution in [3.63, 3.8) is 0 Å². The van der Waals surface area contributed by atoms with Gasteiger partial charge in [-0.05, 0) is 103 Å². The summed E-state index contributed by atoms with van der Waals surface area (Å²) in [5, 5.41) is 0. The van der Waals surface area contributed by atoms with Gasteiger partial charge in [-0.3, -0.25) is 14.4 Å². The molecule has 0 aromatic rings. The third-order valence-corrected chi connectivity index (χ3v) is 14.7. The van der Waals surface area contributed by atoms with E-state index in [0.29, 0.717) is 19.3 Å². The molecule has 0 amide bonds. The quantitative estimate of drug-likeness (QED) is 0.0261. The highest BCUT2D eigenvalue weighted by atomic mass is 16.6. The van der Waals surface area contributed by atoms with Crippen molar-refractivity contribution in [2.24, 2.45) is 0 Å². The van der Waals surface area contributed by atoms with Gasteiger partial charge in [-0.15, -0.1) is 0 Å². The van der Waals surface area contributed by atoms with Crippen LogP contribution in [0, 0.1) is 0 Å². The lowest BCUT2D eigenvalue weighted by molar-refractivity contribution is -0.166. The summed E-state index contributed by atoms with van der Waals surface area (Å²) in [6, 6.07) is 0. The number of allylic oxidation sites excluding steroid dienone is 22. The minimum absolute atomic E-state index is 0.112.